The molecule has 3 atom stereocenters. The molecule has 0 bridgehead atoms. The molecule has 3 aliphatic rings. The highest BCUT2D eigenvalue weighted by Gasteiger charge is 2.52. The Balaban J connectivity index is 1.53. The summed E-state index contributed by atoms with van der Waals surface area (Å²) in [4.78, 5) is 2.52. The van der Waals surface area contributed by atoms with E-state index in [0.29, 0.717) is 17.4 Å². The SMILES string of the molecule is CC(C)OCC1(CN2CC3CCC(C)(F)C3C2)CC1. The predicted molar refractivity (Wildman–Crippen MR) is 74.9 cm³/mol. The lowest BCUT2D eigenvalue weighted by Crippen LogP contribution is -2.34. The summed E-state index contributed by atoms with van der Waals surface area (Å²) in [7, 11) is 0. The average Bonchev–Trinajstić information content (AvgIpc) is 2.86. The van der Waals surface area contributed by atoms with Gasteiger partial charge in [0, 0.05) is 31.0 Å². The van der Waals surface area contributed by atoms with Gasteiger partial charge in [0.2, 0.25) is 0 Å². The predicted octanol–water partition coefficient (Wildman–Crippen LogP) is 3.26. The van der Waals surface area contributed by atoms with Gasteiger partial charge in [0.25, 0.3) is 0 Å². The molecule has 3 fully saturated rings. The number of ether oxygens (including phenoxy) is 1. The molecule has 2 saturated carbocycles. The highest BCUT2D eigenvalue weighted by molar-refractivity contribution is 5.04. The smallest absolute Gasteiger partial charge is 0.112 e. The molecule has 2 nitrogen and oxygen atoms in total. The lowest BCUT2D eigenvalue weighted by atomic mass is 9.91. The first-order chi connectivity index (χ1) is 8.90. The van der Waals surface area contributed by atoms with Crippen molar-refractivity contribution in [3.05, 3.63) is 0 Å². The van der Waals surface area contributed by atoms with Crippen LogP contribution in [0.15, 0.2) is 0 Å². The number of nitrogens with zero attached hydrogens (tertiary/aromatic N) is 1. The molecule has 3 rings (SSSR count). The van der Waals surface area contributed by atoms with Gasteiger partial charge in [-0.1, -0.05) is 0 Å². The van der Waals surface area contributed by atoms with Gasteiger partial charge >= 0.3 is 0 Å². The maximum atomic E-state index is 14.4. The van der Waals surface area contributed by atoms with Gasteiger partial charge < -0.3 is 9.64 Å². The van der Waals surface area contributed by atoms with Crippen LogP contribution in [0.3, 0.4) is 0 Å². The van der Waals surface area contributed by atoms with Crippen molar-refractivity contribution >= 4 is 0 Å². The van der Waals surface area contributed by atoms with Crippen molar-refractivity contribution in [1.82, 2.24) is 4.90 Å². The first-order valence-corrected chi connectivity index (χ1v) is 7.93. The maximum absolute atomic E-state index is 14.4. The second-order valence-corrected chi connectivity index (χ2v) is 7.74. The van der Waals surface area contributed by atoms with Crippen LogP contribution in [0.4, 0.5) is 4.39 Å². The van der Waals surface area contributed by atoms with Crippen molar-refractivity contribution < 1.29 is 9.13 Å². The molecule has 0 aromatic rings. The van der Waals surface area contributed by atoms with Crippen LogP contribution < -0.4 is 0 Å². The molecule has 0 amide bonds. The molecule has 0 aromatic heterocycles. The minimum atomic E-state index is -0.912. The minimum absolute atomic E-state index is 0.286. The Morgan fingerprint density at radius 2 is 2.00 bits per heavy atom. The summed E-state index contributed by atoms with van der Waals surface area (Å²) in [5.74, 6) is 0.895. The van der Waals surface area contributed by atoms with E-state index in [-0.39, 0.29) is 5.92 Å². The van der Waals surface area contributed by atoms with Crippen LogP contribution in [-0.4, -0.2) is 42.9 Å². The zero-order chi connectivity index (χ0) is 13.7. The van der Waals surface area contributed by atoms with Gasteiger partial charge in [-0.15, -0.1) is 0 Å². The normalized spacial score (nSPS) is 40.9. The van der Waals surface area contributed by atoms with Crippen molar-refractivity contribution in [3.8, 4) is 0 Å². The molecule has 0 spiro atoms. The van der Waals surface area contributed by atoms with E-state index in [9.17, 15) is 4.39 Å². The van der Waals surface area contributed by atoms with E-state index in [2.05, 4.69) is 18.7 Å². The zero-order valence-corrected chi connectivity index (χ0v) is 12.6. The first-order valence-electron chi connectivity index (χ1n) is 7.93. The molecule has 2 aliphatic carbocycles. The van der Waals surface area contributed by atoms with Crippen molar-refractivity contribution in [1.29, 1.82) is 0 Å². The van der Waals surface area contributed by atoms with Crippen molar-refractivity contribution in [2.24, 2.45) is 17.3 Å². The second kappa shape index (κ2) is 4.70. The van der Waals surface area contributed by atoms with Crippen molar-refractivity contribution in [2.45, 2.75) is 58.2 Å². The summed E-state index contributed by atoms with van der Waals surface area (Å²) in [5, 5.41) is 0. The Morgan fingerprint density at radius 3 is 2.58 bits per heavy atom. The van der Waals surface area contributed by atoms with Gasteiger partial charge in [-0.3, -0.25) is 0 Å². The van der Waals surface area contributed by atoms with Crippen LogP contribution >= 0.6 is 0 Å². The largest absolute Gasteiger partial charge is 0.378 e. The fraction of sp³-hybridized carbons (Fsp3) is 1.00. The molecular formula is C16H28FNO. The van der Waals surface area contributed by atoms with Crippen molar-refractivity contribution in [3.63, 3.8) is 0 Å². The van der Waals surface area contributed by atoms with Crippen molar-refractivity contribution in [2.75, 3.05) is 26.2 Å². The standard InChI is InChI=1S/C16H28FNO/c1-12(2)19-11-16(6-7-16)10-18-8-13-4-5-15(3,17)14(13)9-18/h12-14H,4-11H2,1-3H3. The molecule has 0 aromatic carbocycles. The zero-order valence-electron chi connectivity index (χ0n) is 12.6. The third-order valence-corrected chi connectivity index (χ3v) is 5.53. The minimum Gasteiger partial charge on any atom is -0.378 e. The first kappa shape index (κ1) is 13.8. The maximum Gasteiger partial charge on any atom is 0.112 e. The molecule has 1 aliphatic heterocycles. The van der Waals surface area contributed by atoms with E-state index >= 15 is 0 Å². The van der Waals surface area contributed by atoms with Crippen LogP contribution in [0.25, 0.3) is 0 Å². The Hall–Kier alpha value is -0.150. The molecule has 3 heteroatoms. The molecule has 110 valence electrons. The quantitative estimate of drug-likeness (QED) is 0.759. The van der Waals surface area contributed by atoms with Crippen LogP contribution in [0.2, 0.25) is 0 Å². The molecule has 3 unspecified atom stereocenters. The molecule has 19 heavy (non-hydrogen) atoms. The van der Waals surface area contributed by atoms with E-state index in [0.717, 1.165) is 39.1 Å². The second-order valence-electron chi connectivity index (χ2n) is 7.74. The number of hydrogen-bond acceptors (Lipinski definition) is 2. The van der Waals surface area contributed by atoms with Gasteiger partial charge in [0.05, 0.1) is 12.7 Å². The average molecular weight is 269 g/mol. The van der Waals surface area contributed by atoms with Crippen LogP contribution in [0, 0.1) is 17.3 Å². The van der Waals surface area contributed by atoms with E-state index in [1.807, 2.05) is 6.92 Å². The number of fused-ring (bicyclic) bond motifs is 1. The van der Waals surface area contributed by atoms with Crippen LogP contribution in [-0.2, 0) is 4.74 Å². The monoisotopic (exact) mass is 269 g/mol. The van der Waals surface area contributed by atoms with Crippen LogP contribution in [0.1, 0.15) is 46.5 Å². The van der Waals surface area contributed by atoms with Gasteiger partial charge in [-0.05, 0) is 52.4 Å². The van der Waals surface area contributed by atoms with E-state index in [1.54, 1.807) is 0 Å². The fourth-order valence-electron chi connectivity index (χ4n) is 4.06. The summed E-state index contributed by atoms with van der Waals surface area (Å²) in [6, 6.07) is 0. The number of rotatable bonds is 5. The summed E-state index contributed by atoms with van der Waals surface area (Å²) in [5.41, 5.74) is -0.514. The number of likely N-dealkylation sites (tertiary alicyclic amines) is 1. The van der Waals surface area contributed by atoms with E-state index in [1.165, 1.54) is 12.8 Å². The summed E-state index contributed by atoms with van der Waals surface area (Å²) < 4.78 is 20.2. The highest BCUT2D eigenvalue weighted by atomic mass is 19.1. The number of hydrogen-bond donors (Lipinski definition) is 0. The number of halogens is 1. The Morgan fingerprint density at radius 1 is 1.26 bits per heavy atom. The Bertz CT molecular complexity index is 338. The highest BCUT2D eigenvalue weighted by Crippen LogP contribution is 2.51. The Kier molecular flexibility index (Phi) is 3.41. The molecule has 1 saturated heterocycles. The third kappa shape index (κ3) is 2.82. The molecule has 0 radical (unpaired) electrons. The molecule has 0 N–H and O–H groups in total. The Labute approximate surface area is 116 Å². The third-order valence-electron chi connectivity index (χ3n) is 5.53. The summed E-state index contributed by atoms with van der Waals surface area (Å²) in [6.07, 6.45) is 4.77. The van der Waals surface area contributed by atoms with Crippen LogP contribution in [0.5, 0.6) is 0 Å². The summed E-state index contributed by atoms with van der Waals surface area (Å²) in [6.45, 7) is 10.1. The molecular weight excluding hydrogens is 241 g/mol. The van der Waals surface area contributed by atoms with E-state index < -0.39 is 5.67 Å². The van der Waals surface area contributed by atoms with Gasteiger partial charge in [0.1, 0.15) is 5.67 Å². The van der Waals surface area contributed by atoms with E-state index in [4.69, 9.17) is 4.74 Å². The fourth-order valence-corrected chi connectivity index (χ4v) is 4.06. The van der Waals surface area contributed by atoms with Gasteiger partial charge in [0.15, 0.2) is 0 Å². The topological polar surface area (TPSA) is 12.5 Å². The van der Waals surface area contributed by atoms with Gasteiger partial charge in [-0.25, -0.2) is 4.39 Å². The number of alkyl halides is 1. The summed E-state index contributed by atoms with van der Waals surface area (Å²) >= 11 is 0. The molecule has 1 heterocycles. The lowest BCUT2D eigenvalue weighted by molar-refractivity contribution is 0.0312. The lowest BCUT2D eigenvalue weighted by Gasteiger charge is -2.26. The van der Waals surface area contributed by atoms with Gasteiger partial charge in [-0.2, -0.15) is 0 Å².